The summed E-state index contributed by atoms with van der Waals surface area (Å²) in [7, 11) is 0. The number of hydrogen-bond donors (Lipinski definition) is 2. The molecule has 6 aromatic rings. The van der Waals surface area contributed by atoms with Gasteiger partial charge in [-0.1, -0.05) is 12.1 Å². The zero-order chi connectivity index (χ0) is 20.8. The quantitative estimate of drug-likeness (QED) is 0.455. The van der Waals surface area contributed by atoms with Gasteiger partial charge in [0.05, 0.1) is 5.39 Å². The zero-order valence-corrected chi connectivity index (χ0v) is 15.9. The summed E-state index contributed by atoms with van der Waals surface area (Å²) in [5, 5.41) is 7.32. The molecular weight excluding hydrogens is 395 g/mol. The van der Waals surface area contributed by atoms with Crippen molar-refractivity contribution in [3.05, 3.63) is 73.3 Å². The molecule has 0 unspecified atom stereocenters. The minimum absolute atomic E-state index is 0.253. The van der Waals surface area contributed by atoms with Crippen molar-refractivity contribution in [2.75, 3.05) is 0 Å². The van der Waals surface area contributed by atoms with E-state index in [0.717, 1.165) is 11.1 Å². The Bertz CT molecular complexity index is 1540. The topological polar surface area (TPSA) is 109 Å². The molecule has 0 fully saturated rings. The summed E-state index contributed by atoms with van der Waals surface area (Å²) in [6, 6.07) is 9.21. The van der Waals surface area contributed by atoms with Crippen molar-refractivity contribution in [2.45, 2.75) is 0 Å². The molecule has 0 aliphatic rings. The number of imidazole rings is 1. The first-order valence-electron chi connectivity index (χ1n) is 9.48. The Labute approximate surface area is 174 Å². The van der Waals surface area contributed by atoms with Gasteiger partial charge in [-0.05, 0) is 18.2 Å². The van der Waals surface area contributed by atoms with E-state index in [1.165, 1.54) is 6.20 Å². The van der Waals surface area contributed by atoms with Crippen LogP contribution in [0.4, 0.5) is 4.39 Å². The van der Waals surface area contributed by atoms with Gasteiger partial charge in [0, 0.05) is 59.4 Å². The first-order valence-corrected chi connectivity index (χ1v) is 9.48. The fraction of sp³-hybridized carbons (Fsp3) is 0. The van der Waals surface area contributed by atoms with Gasteiger partial charge < -0.3 is 4.98 Å². The van der Waals surface area contributed by atoms with Gasteiger partial charge in [-0.15, -0.1) is 0 Å². The number of rotatable bonds is 3. The average Bonchev–Trinajstić information content (AvgIpc) is 3.45. The molecule has 0 saturated carbocycles. The lowest BCUT2D eigenvalue weighted by Crippen LogP contribution is -1.91. The van der Waals surface area contributed by atoms with Crippen molar-refractivity contribution in [1.29, 1.82) is 0 Å². The number of nitrogens with zero attached hydrogens (tertiary/aromatic N) is 6. The molecule has 0 aliphatic heterocycles. The highest BCUT2D eigenvalue weighted by molar-refractivity contribution is 5.96. The molecule has 31 heavy (non-hydrogen) atoms. The van der Waals surface area contributed by atoms with Crippen LogP contribution in [-0.4, -0.2) is 40.1 Å². The molecule has 0 atom stereocenters. The zero-order valence-electron chi connectivity index (χ0n) is 15.9. The largest absolute Gasteiger partial charge is 0.321 e. The highest BCUT2D eigenvalue weighted by atomic mass is 19.1. The van der Waals surface area contributed by atoms with Gasteiger partial charge in [0.25, 0.3) is 0 Å². The van der Waals surface area contributed by atoms with Crippen molar-refractivity contribution >= 4 is 22.2 Å². The lowest BCUT2D eigenvalue weighted by Gasteiger charge is -2.03. The minimum atomic E-state index is -0.442. The fourth-order valence-corrected chi connectivity index (χ4v) is 3.63. The summed E-state index contributed by atoms with van der Waals surface area (Å²) in [5.41, 5.74) is 4.64. The van der Waals surface area contributed by atoms with Gasteiger partial charge >= 0.3 is 0 Å². The molecule has 0 spiro atoms. The van der Waals surface area contributed by atoms with Gasteiger partial charge in [0.2, 0.25) is 0 Å². The highest BCUT2D eigenvalue weighted by Crippen LogP contribution is 2.33. The summed E-state index contributed by atoms with van der Waals surface area (Å²) in [5.74, 6) is -0.0447. The number of H-pyrrole nitrogens is 2. The Kier molecular flexibility index (Phi) is 3.79. The number of halogens is 1. The molecule has 148 valence electrons. The summed E-state index contributed by atoms with van der Waals surface area (Å²) in [6.07, 6.45) is 9.87. The summed E-state index contributed by atoms with van der Waals surface area (Å²) >= 11 is 0. The van der Waals surface area contributed by atoms with Crippen LogP contribution in [0.25, 0.3) is 56.0 Å². The molecule has 0 aromatic carbocycles. The third-order valence-electron chi connectivity index (χ3n) is 5.08. The van der Waals surface area contributed by atoms with E-state index in [2.05, 4.69) is 35.1 Å². The second-order valence-corrected chi connectivity index (χ2v) is 6.91. The van der Waals surface area contributed by atoms with Crippen LogP contribution in [0.2, 0.25) is 0 Å². The van der Waals surface area contributed by atoms with Crippen molar-refractivity contribution in [3.8, 4) is 33.8 Å². The lowest BCUT2D eigenvalue weighted by atomic mass is 10.1. The molecule has 8 nitrogen and oxygen atoms in total. The van der Waals surface area contributed by atoms with Crippen LogP contribution in [0.3, 0.4) is 0 Å². The van der Waals surface area contributed by atoms with Gasteiger partial charge in [-0.2, -0.15) is 5.10 Å². The Balaban J connectivity index is 1.56. The number of aromatic amines is 2. The summed E-state index contributed by atoms with van der Waals surface area (Å²) in [6.45, 7) is 0. The lowest BCUT2D eigenvalue weighted by molar-refractivity contribution is 0.642. The van der Waals surface area contributed by atoms with E-state index in [1.54, 1.807) is 43.1 Å². The Morgan fingerprint density at radius 3 is 2.29 bits per heavy atom. The van der Waals surface area contributed by atoms with Crippen LogP contribution in [0.15, 0.2) is 67.5 Å². The molecule has 0 aliphatic carbocycles. The first kappa shape index (κ1) is 17.3. The fourth-order valence-electron chi connectivity index (χ4n) is 3.63. The normalized spacial score (nSPS) is 11.4. The maximum absolute atomic E-state index is 15.5. The van der Waals surface area contributed by atoms with E-state index in [-0.39, 0.29) is 5.39 Å². The Morgan fingerprint density at radius 1 is 0.774 bits per heavy atom. The van der Waals surface area contributed by atoms with Crippen LogP contribution in [-0.2, 0) is 0 Å². The van der Waals surface area contributed by atoms with Crippen molar-refractivity contribution in [2.24, 2.45) is 0 Å². The molecule has 0 radical (unpaired) electrons. The van der Waals surface area contributed by atoms with Gasteiger partial charge in [-0.25, -0.2) is 19.3 Å². The maximum atomic E-state index is 15.5. The Hall–Kier alpha value is -4.53. The van der Waals surface area contributed by atoms with Gasteiger partial charge in [-0.3, -0.25) is 15.1 Å². The second-order valence-electron chi connectivity index (χ2n) is 6.91. The van der Waals surface area contributed by atoms with E-state index in [0.29, 0.717) is 39.5 Å². The number of nitrogens with one attached hydrogen (secondary N) is 2. The number of hydrogen-bond acceptors (Lipinski definition) is 6. The highest BCUT2D eigenvalue weighted by Gasteiger charge is 2.21. The molecule has 0 amide bonds. The van der Waals surface area contributed by atoms with E-state index >= 15 is 4.39 Å². The Morgan fingerprint density at radius 2 is 1.55 bits per heavy atom. The van der Waals surface area contributed by atoms with E-state index in [1.807, 2.05) is 18.2 Å². The van der Waals surface area contributed by atoms with E-state index in [9.17, 15) is 0 Å². The van der Waals surface area contributed by atoms with Crippen LogP contribution < -0.4 is 0 Å². The predicted octanol–water partition coefficient (Wildman–Crippen LogP) is 4.16. The molecule has 6 aromatic heterocycles. The van der Waals surface area contributed by atoms with E-state index in [4.69, 9.17) is 4.98 Å². The molecule has 6 rings (SSSR count). The summed E-state index contributed by atoms with van der Waals surface area (Å²) in [4.78, 5) is 24.8. The number of aromatic nitrogens is 8. The number of pyridine rings is 4. The van der Waals surface area contributed by atoms with Gasteiger partial charge in [0.15, 0.2) is 17.1 Å². The van der Waals surface area contributed by atoms with Crippen LogP contribution in [0.1, 0.15) is 0 Å². The second kappa shape index (κ2) is 6.77. The van der Waals surface area contributed by atoms with Crippen molar-refractivity contribution in [3.63, 3.8) is 0 Å². The third-order valence-corrected chi connectivity index (χ3v) is 5.08. The molecule has 9 heteroatoms. The van der Waals surface area contributed by atoms with Crippen LogP contribution in [0, 0.1) is 5.82 Å². The number of fused-ring (bicyclic) bond motifs is 2. The van der Waals surface area contributed by atoms with Gasteiger partial charge in [0.1, 0.15) is 17.0 Å². The predicted molar refractivity (Wildman–Crippen MR) is 113 cm³/mol. The van der Waals surface area contributed by atoms with Crippen molar-refractivity contribution < 1.29 is 4.39 Å². The molecule has 0 bridgehead atoms. The van der Waals surface area contributed by atoms with E-state index < -0.39 is 5.82 Å². The first-order chi connectivity index (χ1) is 15.3. The van der Waals surface area contributed by atoms with Crippen molar-refractivity contribution in [1.82, 2.24) is 40.1 Å². The molecular formula is C22H13FN8. The SMILES string of the molecule is Fc1c(-c2cccnc2)cnc2[nH]nc(-c3nc4c(-c5cccnc5)ccnc4[nH]3)c12. The summed E-state index contributed by atoms with van der Waals surface area (Å²) < 4.78 is 15.5. The van der Waals surface area contributed by atoms with Crippen LogP contribution >= 0.6 is 0 Å². The molecule has 0 saturated heterocycles. The third kappa shape index (κ3) is 2.75. The monoisotopic (exact) mass is 408 g/mol. The smallest absolute Gasteiger partial charge is 0.161 e. The minimum Gasteiger partial charge on any atom is -0.321 e. The maximum Gasteiger partial charge on any atom is 0.161 e. The average molecular weight is 408 g/mol. The molecule has 6 heterocycles. The van der Waals surface area contributed by atoms with Crippen LogP contribution in [0.5, 0.6) is 0 Å². The standard InChI is InChI=1S/C22H13FN8/c23-17-15(13-4-2-7-25-10-13)11-27-20-16(17)19(30-31-20)22-28-18-14(5-8-26-21(18)29-22)12-3-1-6-24-9-12/h1-11H,(H,26,28,29)(H,27,30,31). The molecule has 2 N–H and O–H groups in total.